The second kappa shape index (κ2) is 5.31. The van der Waals surface area contributed by atoms with Crippen molar-refractivity contribution in [1.29, 1.82) is 0 Å². The molecule has 1 aromatic carbocycles. The highest BCUT2D eigenvalue weighted by Gasteiger charge is 2.07. The van der Waals surface area contributed by atoms with E-state index >= 15 is 0 Å². The van der Waals surface area contributed by atoms with Crippen molar-refractivity contribution in [3.63, 3.8) is 0 Å². The molecule has 1 aromatic rings. The van der Waals surface area contributed by atoms with Gasteiger partial charge in [0.25, 0.3) is 4.82 Å². The van der Waals surface area contributed by atoms with Gasteiger partial charge in [-0.1, -0.05) is 26.0 Å². The number of benzene rings is 1. The number of carbonyl (C=O) groups excluding carboxylic acids is 1. The van der Waals surface area contributed by atoms with Gasteiger partial charge in [-0.2, -0.15) is 0 Å². The van der Waals surface area contributed by atoms with Gasteiger partial charge >= 0.3 is 0 Å². The van der Waals surface area contributed by atoms with Crippen LogP contribution in [0, 0.1) is 0 Å². The quantitative estimate of drug-likeness (QED) is 0.596. The van der Waals surface area contributed by atoms with E-state index in [1.165, 1.54) is 5.56 Å². The summed E-state index contributed by atoms with van der Waals surface area (Å²) in [6.07, 6.45) is 1.13. The number of carbonyl (C=O) groups is 1. The standard InChI is InChI=1S/C12H16BrNO/c1-4-9(2)10-5-7-11(8-6-10)14(3)12(13)15/h5-9H,4H2,1-3H3. The molecule has 0 N–H and O–H groups in total. The van der Waals surface area contributed by atoms with Crippen LogP contribution in [0.3, 0.4) is 0 Å². The summed E-state index contributed by atoms with van der Waals surface area (Å²) in [4.78, 5) is 12.5. The second-order valence-electron chi connectivity index (χ2n) is 3.71. The summed E-state index contributed by atoms with van der Waals surface area (Å²) in [7, 11) is 1.75. The Kier molecular flexibility index (Phi) is 4.33. The SMILES string of the molecule is CCC(C)c1ccc(N(C)C(=O)Br)cc1. The van der Waals surface area contributed by atoms with E-state index in [4.69, 9.17) is 0 Å². The van der Waals surface area contributed by atoms with Crippen LogP contribution in [0.25, 0.3) is 0 Å². The zero-order chi connectivity index (χ0) is 11.4. The fourth-order valence-electron chi connectivity index (χ4n) is 1.36. The van der Waals surface area contributed by atoms with Crippen molar-refractivity contribution in [3.05, 3.63) is 29.8 Å². The lowest BCUT2D eigenvalue weighted by molar-refractivity contribution is 0.267. The van der Waals surface area contributed by atoms with Gasteiger partial charge in [0.1, 0.15) is 0 Å². The molecule has 0 radical (unpaired) electrons. The van der Waals surface area contributed by atoms with Crippen LogP contribution in [0.5, 0.6) is 0 Å². The van der Waals surface area contributed by atoms with Gasteiger partial charge in [0.05, 0.1) is 0 Å². The highest BCUT2D eigenvalue weighted by molar-refractivity contribution is 9.18. The average molecular weight is 270 g/mol. The third-order valence-electron chi connectivity index (χ3n) is 2.73. The van der Waals surface area contributed by atoms with E-state index in [2.05, 4.69) is 41.9 Å². The Morgan fingerprint density at radius 2 is 1.93 bits per heavy atom. The van der Waals surface area contributed by atoms with Gasteiger partial charge in [0.2, 0.25) is 0 Å². The summed E-state index contributed by atoms with van der Waals surface area (Å²) in [5, 5.41) is 0. The first-order valence-corrected chi connectivity index (χ1v) is 5.88. The van der Waals surface area contributed by atoms with E-state index in [0.29, 0.717) is 5.92 Å². The molecular weight excluding hydrogens is 254 g/mol. The van der Waals surface area contributed by atoms with E-state index in [0.717, 1.165) is 12.1 Å². The molecule has 2 nitrogen and oxygen atoms in total. The Bertz CT molecular complexity index is 334. The van der Waals surface area contributed by atoms with Crippen molar-refractivity contribution in [2.75, 3.05) is 11.9 Å². The minimum absolute atomic E-state index is 0.126. The predicted molar refractivity (Wildman–Crippen MR) is 67.9 cm³/mol. The molecule has 0 saturated heterocycles. The lowest BCUT2D eigenvalue weighted by Crippen LogP contribution is -2.18. The lowest BCUT2D eigenvalue weighted by Gasteiger charge is -2.15. The maximum Gasteiger partial charge on any atom is 0.293 e. The maximum absolute atomic E-state index is 11.1. The molecular formula is C12H16BrNO. The molecule has 0 aliphatic rings. The summed E-state index contributed by atoms with van der Waals surface area (Å²) < 4.78 is 0. The van der Waals surface area contributed by atoms with Crippen LogP contribution in [-0.2, 0) is 0 Å². The number of rotatable bonds is 3. The van der Waals surface area contributed by atoms with Crippen LogP contribution in [0.15, 0.2) is 24.3 Å². The molecule has 3 heteroatoms. The third-order valence-corrected chi connectivity index (χ3v) is 3.26. The Hall–Kier alpha value is -0.830. The number of hydrogen-bond acceptors (Lipinski definition) is 1. The molecule has 0 aliphatic heterocycles. The first kappa shape index (κ1) is 12.2. The molecule has 0 heterocycles. The Labute approximate surface area is 99.4 Å². The molecule has 0 bridgehead atoms. The van der Waals surface area contributed by atoms with Crippen LogP contribution >= 0.6 is 15.9 Å². The van der Waals surface area contributed by atoms with E-state index in [1.54, 1.807) is 11.9 Å². The molecule has 1 unspecified atom stereocenters. The van der Waals surface area contributed by atoms with E-state index in [9.17, 15) is 4.79 Å². The topological polar surface area (TPSA) is 20.3 Å². The zero-order valence-corrected chi connectivity index (χ0v) is 10.9. The Morgan fingerprint density at radius 3 is 2.33 bits per heavy atom. The van der Waals surface area contributed by atoms with Crippen molar-refractivity contribution < 1.29 is 4.79 Å². The molecule has 0 spiro atoms. The molecule has 0 aromatic heterocycles. The molecule has 1 atom stereocenters. The Balaban J connectivity index is 2.85. The van der Waals surface area contributed by atoms with Gasteiger partial charge in [-0.05, 0) is 30.0 Å². The maximum atomic E-state index is 11.1. The van der Waals surface area contributed by atoms with Crippen LogP contribution in [0.2, 0.25) is 0 Å². The van der Waals surface area contributed by atoms with Crippen molar-refractivity contribution >= 4 is 26.4 Å². The first-order valence-electron chi connectivity index (χ1n) is 5.09. The second-order valence-corrected chi connectivity index (χ2v) is 4.39. The molecule has 1 amide bonds. The largest absolute Gasteiger partial charge is 0.306 e. The molecule has 82 valence electrons. The van der Waals surface area contributed by atoms with Gasteiger partial charge in [0.15, 0.2) is 0 Å². The summed E-state index contributed by atoms with van der Waals surface area (Å²) >= 11 is 2.92. The smallest absolute Gasteiger partial charge is 0.293 e. The molecule has 15 heavy (non-hydrogen) atoms. The van der Waals surface area contributed by atoms with E-state index in [1.807, 2.05) is 12.1 Å². The lowest BCUT2D eigenvalue weighted by atomic mass is 9.98. The summed E-state index contributed by atoms with van der Waals surface area (Å²) in [6, 6.07) is 8.10. The average Bonchev–Trinajstić information content (AvgIpc) is 2.27. The van der Waals surface area contributed by atoms with E-state index < -0.39 is 0 Å². The molecule has 0 saturated carbocycles. The summed E-state index contributed by atoms with van der Waals surface area (Å²) in [5.41, 5.74) is 2.22. The molecule has 1 rings (SSSR count). The highest BCUT2D eigenvalue weighted by Crippen LogP contribution is 2.22. The van der Waals surface area contributed by atoms with Gasteiger partial charge in [-0.3, -0.25) is 4.79 Å². The Morgan fingerprint density at radius 1 is 1.40 bits per heavy atom. The van der Waals surface area contributed by atoms with Gasteiger partial charge in [-0.15, -0.1) is 0 Å². The van der Waals surface area contributed by atoms with Gasteiger partial charge < -0.3 is 4.90 Å². The third kappa shape index (κ3) is 3.06. The van der Waals surface area contributed by atoms with Crippen molar-refractivity contribution in [3.8, 4) is 0 Å². The molecule has 0 fully saturated rings. The minimum Gasteiger partial charge on any atom is -0.306 e. The number of nitrogens with zero attached hydrogens (tertiary/aromatic N) is 1. The van der Waals surface area contributed by atoms with Crippen LogP contribution in [0.4, 0.5) is 10.5 Å². The highest BCUT2D eigenvalue weighted by atomic mass is 79.9. The van der Waals surface area contributed by atoms with Crippen LogP contribution in [-0.4, -0.2) is 11.9 Å². The predicted octanol–water partition coefficient (Wildman–Crippen LogP) is 4.15. The zero-order valence-electron chi connectivity index (χ0n) is 9.33. The van der Waals surface area contributed by atoms with Crippen molar-refractivity contribution in [2.45, 2.75) is 26.2 Å². The fraction of sp³-hybridized carbons (Fsp3) is 0.417. The molecule has 0 aliphatic carbocycles. The van der Waals surface area contributed by atoms with Crippen molar-refractivity contribution in [1.82, 2.24) is 0 Å². The van der Waals surface area contributed by atoms with Gasteiger partial charge in [0, 0.05) is 28.7 Å². The van der Waals surface area contributed by atoms with Gasteiger partial charge in [-0.25, -0.2) is 0 Å². The summed E-state index contributed by atoms with van der Waals surface area (Å²) in [5.74, 6) is 0.573. The fourth-order valence-corrected chi connectivity index (χ4v) is 1.57. The number of anilines is 1. The normalized spacial score (nSPS) is 12.3. The monoisotopic (exact) mass is 269 g/mol. The first-order chi connectivity index (χ1) is 7.06. The van der Waals surface area contributed by atoms with Crippen LogP contribution < -0.4 is 4.90 Å². The summed E-state index contributed by atoms with van der Waals surface area (Å²) in [6.45, 7) is 4.38. The van der Waals surface area contributed by atoms with E-state index in [-0.39, 0.29) is 4.82 Å². The number of hydrogen-bond donors (Lipinski definition) is 0. The number of amides is 1. The minimum atomic E-state index is -0.126. The van der Waals surface area contributed by atoms with Crippen LogP contribution in [0.1, 0.15) is 31.7 Å². The van der Waals surface area contributed by atoms with Crippen molar-refractivity contribution in [2.24, 2.45) is 0 Å². The number of halogens is 1.